The zero-order chi connectivity index (χ0) is 15.5. The van der Waals surface area contributed by atoms with Gasteiger partial charge in [-0.25, -0.2) is 14.6 Å². The molecule has 0 amide bonds. The lowest BCUT2D eigenvalue weighted by Gasteiger charge is -2.30. The van der Waals surface area contributed by atoms with Crippen LogP contribution < -0.4 is 0 Å². The molecule has 0 N–H and O–H groups in total. The highest BCUT2D eigenvalue weighted by Gasteiger charge is 2.26. The molecule has 2 aromatic rings. The largest absolute Gasteiger partial charge is 0.353 e. The summed E-state index contributed by atoms with van der Waals surface area (Å²) >= 11 is 5.96. The number of ether oxygens (including phenoxy) is 2. The zero-order valence-electron chi connectivity index (χ0n) is 12.9. The Morgan fingerprint density at radius 3 is 3.05 bits per heavy atom. The summed E-state index contributed by atoms with van der Waals surface area (Å²) in [7, 11) is 0. The smallest absolute Gasteiger partial charge is 0.178 e. The summed E-state index contributed by atoms with van der Waals surface area (Å²) in [5, 5.41) is 4.80. The molecule has 0 bridgehead atoms. The average molecular weight is 325 g/mol. The molecule has 120 valence electrons. The molecule has 0 spiro atoms. The van der Waals surface area contributed by atoms with Gasteiger partial charge in [-0.3, -0.25) is 0 Å². The van der Waals surface area contributed by atoms with Gasteiger partial charge in [-0.05, 0) is 32.6 Å². The summed E-state index contributed by atoms with van der Waals surface area (Å²) < 4.78 is 13.6. The van der Waals surface area contributed by atoms with Crippen LogP contribution in [0.1, 0.15) is 45.6 Å². The molecule has 2 aromatic heterocycles. The molecule has 0 aliphatic carbocycles. The van der Waals surface area contributed by atoms with Crippen molar-refractivity contribution in [1.29, 1.82) is 0 Å². The predicted molar refractivity (Wildman–Crippen MR) is 83.8 cm³/mol. The molecule has 3 atom stereocenters. The second-order valence-electron chi connectivity index (χ2n) is 5.60. The minimum atomic E-state index is -0.116. The SMILES string of the molecule is CCC([C@H](C)OC1CCCCO1)n1ncc2ncc(Cl)nc21. The fraction of sp³-hybridized carbons (Fsp3) is 0.667. The Morgan fingerprint density at radius 1 is 1.45 bits per heavy atom. The normalized spacial score (nSPS) is 21.9. The molecule has 0 radical (unpaired) electrons. The van der Waals surface area contributed by atoms with E-state index in [2.05, 4.69) is 28.9 Å². The van der Waals surface area contributed by atoms with E-state index in [0.717, 1.165) is 37.8 Å². The molecule has 22 heavy (non-hydrogen) atoms. The van der Waals surface area contributed by atoms with E-state index in [1.165, 1.54) is 6.20 Å². The van der Waals surface area contributed by atoms with E-state index in [0.29, 0.717) is 10.8 Å². The Bertz CT molecular complexity index is 627. The third-order valence-corrected chi connectivity index (χ3v) is 4.23. The average Bonchev–Trinajstić information content (AvgIpc) is 2.92. The Labute approximate surface area is 134 Å². The minimum Gasteiger partial charge on any atom is -0.353 e. The lowest BCUT2D eigenvalue weighted by molar-refractivity contribution is -0.193. The van der Waals surface area contributed by atoms with Crippen LogP contribution in [0.3, 0.4) is 0 Å². The Balaban J connectivity index is 1.80. The summed E-state index contributed by atoms with van der Waals surface area (Å²) in [5.41, 5.74) is 1.43. The third kappa shape index (κ3) is 3.24. The van der Waals surface area contributed by atoms with Gasteiger partial charge in [0.25, 0.3) is 0 Å². The molecule has 1 saturated heterocycles. The molecule has 1 fully saturated rings. The van der Waals surface area contributed by atoms with Crippen molar-refractivity contribution in [2.75, 3.05) is 6.61 Å². The molecular weight excluding hydrogens is 304 g/mol. The highest BCUT2D eigenvalue weighted by atomic mass is 35.5. The highest BCUT2D eigenvalue weighted by Crippen LogP contribution is 2.25. The first-order chi connectivity index (χ1) is 10.7. The number of aromatic nitrogens is 4. The van der Waals surface area contributed by atoms with Gasteiger partial charge in [-0.1, -0.05) is 18.5 Å². The van der Waals surface area contributed by atoms with Crippen molar-refractivity contribution >= 4 is 22.8 Å². The molecule has 3 heterocycles. The third-order valence-electron chi connectivity index (χ3n) is 4.05. The first-order valence-electron chi connectivity index (χ1n) is 7.82. The van der Waals surface area contributed by atoms with Crippen LogP contribution in [0.15, 0.2) is 12.4 Å². The second kappa shape index (κ2) is 6.89. The van der Waals surface area contributed by atoms with Gasteiger partial charge < -0.3 is 9.47 Å². The maximum atomic E-state index is 6.08. The van der Waals surface area contributed by atoms with Crippen molar-refractivity contribution < 1.29 is 9.47 Å². The van der Waals surface area contributed by atoms with Crippen molar-refractivity contribution in [1.82, 2.24) is 19.7 Å². The van der Waals surface area contributed by atoms with E-state index in [-0.39, 0.29) is 18.4 Å². The summed E-state index contributed by atoms with van der Waals surface area (Å²) in [6.45, 7) is 4.94. The fourth-order valence-electron chi connectivity index (χ4n) is 2.89. The highest BCUT2D eigenvalue weighted by molar-refractivity contribution is 6.29. The standard InChI is InChI=1S/C15H21ClN4O2/c1-3-12(10(2)22-14-6-4-5-7-21-14)20-15-11(8-18-20)17-9-13(16)19-15/h8-10,12,14H,3-7H2,1-2H3/t10-,12?,14?/m0/s1. The van der Waals surface area contributed by atoms with E-state index in [4.69, 9.17) is 21.1 Å². The molecule has 6 nitrogen and oxygen atoms in total. The number of fused-ring (bicyclic) bond motifs is 1. The van der Waals surface area contributed by atoms with Gasteiger partial charge in [-0.15, -0.1) is 0 Å². The minimum absolute atomic E-state index is 0.0306. The number of hydrogen-bond acceptors (Lipinski definition) is 5. The molecule has 2 unspecified atom stereocenters. The van der Waals surface area contributed by atoms with Gasteiger partial charge >= 0.3 is 0 Å². The number of hydrogen-bond donors (Lipinski definition) is 0. The molecule has 7 heteroatoms. The topological polar surface area (TPSA) is 62.1 Å². The molecule has 1 aliphatic rings. The van der Waals surface area contributed by atoms with Gasteiger partial charge in [0.15, 0.2) is 11.9 Å². The number of halogens is 1. The van der Waals surface area contributed by atoms with Crippen molar-refractivity contribution in [3.63, 3.8) is 0 Å². The van der Waals surface area contributed by atoms with Crippen LogP contribution in [-0.2, 0) is 9.47 Å². The maximum Gasteiger partial charge on any atom is 0.178 e. The van der Waals surface area contributed by atoms with E-state index < -0.39 is 0 Å². The van der Waals surface area contributed by atoms with Crippen LogP contribution >= 0.6 is 11.6 Å². The van der Waals surface area contributed by atoms with Crippen LogP contribution in [0.25, 0.3) is 11.2 Å². The quantitative estimate of drug-likeness (QED) is 0.844. The van der Waals surface area contributed by atoms with Crippen molar-refractivity contribution in [2.45, 2.75) is 58.0 Å². The maximum absolute atomic E-state index is 6.08. The Hall–Kier alpha value is -1.24. The second-order valence-corrected chi connectivity index (χ2v) is 5.99. The molecule has 0 saturated carbocycles. The number of nitrogens with zero attached hydrogens (tertiary/aromatic N) is 4. The van der Waals surface area contributed by atoms with Gasteiger partial charge in [0.2, 0.25) is 0 Å². The van der Waals surface area contributed by atoms with Gasteiger partial charge in [0.05, 0.1) is 24.5 Å². The van der Waals surface area contributed by atoms with Gasteiger partial charge in [-0.2, -0.15) is 5.10 Å². The summed E-state index contributed by atoms with van der Waals surface area (Å²) in [4.78, 5) is 8.60. The molecule has 1 aliphatic heterocycles. The van der Waals surface area contributed by atoms with Crippen LogP contribution in [0.2, 0.25) is 5.15 Å². The molecular formula is C15H21ClN4O2. The Morgan fingerprint density at radius 2 is 2.32 bits per heavy atom. The van der Waals surface area contributed by atoms with Crippen molar-refractivity contribution in [3.8, 4) is 0 Å². The van der Waals surface area contributed by atoms with E-state index in [9.17, 15) is 0 Å². The fourth-order valence-corrected chi connectivity index (χ4v) is 3.02. The van der Waals surface area contributed by atoms with Gasteiger partial charge in [0.1, 0.15) is 10.7 Å². The van der Waals surface area contributed by atoms with E-state index >= 15 is 0 Å². The Kier molecular flexibility index (Phi) is 4.90. The van der Waals surface area contributed by atoms with Gasteiger partial charge in [0, 0.05) is 6.61 Å². The molecule has 0 aromatic carbocycles. The van der Waals surface area contributed by atoms with E-state index in [1.54, 1.807) is 6.20 Å². The summed E-state index contributed by atoms with van der Waals surface area (Å²) in [6.07, 6.45) is 7.19. The monoisotopic (exact) mass is 324 g/mol. The van der Waals surface area contributed by atoms with Crippen LogP contribution in [0.4, 0.5) is 0 Å². The molecule has 3 rings (SSSR count). The zero-order valence-corrected chi connectivity index (χ0v) is 13.7. The summed E-state index contributed by atoms with van der Waals surface area (Å²) in [5.74, 6) is 0. The number of rotatable bonds is 5. The summed E-state index contributed by atoms with van der Waals surface area (Å²) in [6, 6.07) is 0.0655. The lowest BCUT2D eigenvalue weighted by atomic mass is 10.1. The van der Waals surface area contributed by atoms with Crippen LogP contribution in [-0.4, -0.2) is 38.7 Å². The van der Waals surface area contributed by atoms with Crippen molar-refractivity contribution in [3.05, 3.63) is 17.5 Å². The predicted octanol–water partition coefficient (Wildman–Crippen LogP) is 3.36. The van der Waals surface area contributed by atoms with Crippen LogP contribution in [0, 0.1) is 0 Å². The lowest BCUT2D eigenvalue weighted by Crippen LogP contribution is -2.32. The van der Waals surface area contributed by atoms with Crippen molar-refractivity contribution in [2.24, 2.45) is 0 Å². The van der Waals surface area contributed by atoms with Crippen LogP contribution in [0.5, 0.6) is 0 Å². The first kappa shape index (κ1) is 15.6. The van der Waals surface area contributed by atoms with E-state index in [1.807, 2.05) is 4.68 Å². The first-order valence-corrected chi connectivity index (χ1v) is 8.19.